The molecule has 0 unspecified atom stereocenters. The molecule has 0 heterocycles. The Balaban J connectivity index is 1.97. The van der Waals surface area contributed by atoms with Crippen molar-refractivity contribution in [1.29, 1.82) is 0 Å². The van der Waals surface area contributed by atoms with E-state index in [4.69, 9.17) is 0 Å². The second kappa shape index (κ2) is 7.16. The van der Waals surface area contributed by atoms with E-state index >= 15 is 0 Å². The molecule has 0 aromatic heterocycles. The Labute approximate surface area is 164 Å². The van der Waals surface area contributed by atoms with Gasteiger partial charge in [-0.2, -0.15) is 0 Å². The van der Waals surface area contributed by atoms with Gasteiger partial charge in [-0.25, -0.2) is 25.3 Å². The zero-order chi connectivity index (χ0) is 20.6. The molecule has 3 aromatic carbocycles. The van der Waals surface area contributed by atoms with Crippen LogP contribution >= 0.6 is 0 Å². The molecule has 0 bridgehead atoms. The lowest BCUT2D eigenvalue weighted by atomic mass is 10.4. The number of sulfone groups is 3. The average molecular weight is 437 g/mol. The minimum absolute atomic E-state index is 0.00996. The van der Waals surface area contributed by atoms with Gasteiger partial charge in [-0.05, 0) is 60.7 Å². The first-order chi connectivity index (χ1) is 13.0. The van der Waals surface area contributed by atoms with Crippen molar-refractivity contribution in [2.45, 2.75) is 24.5 Å². The summed E-state index contributed by atoms with van der Waals surface area (Å²) in [5.74, 6) is 0. The summed E-state index contributed by atoms with van der Waals surface area (Å²) in [5.41, 5.74) is 0. The summed E-state index contributed by atoms with van der Waals surface area (Å²) >= 11 is 0. The van der Waals surface area contributed by atoms with E-state index in [9.17, 15) is 25.3 Å². The van der Waals surface area contributed by atoms with Gasteiger partial charge in [0.25, 0.3) is 0 Å². The molecule has 0 aliphatic rings. The monoisotopic (exact) mass is 436 g/mol. The normalized spacial score (nSPS) is 12.6. The lowest BCUT2D eigenvalue weighted by Gasteiger charge is -2.08. The van der Waals surface area contributed by atoms with E-state index in [-0.39, 0.29) is 24.5 Å². The highest BCUT2D eigenvalue weighted by Crippen LogP contribution is 2.26. The topological polar surface area (TPSA) is 102 Å². The van der Waals surface area contributed by atoms with E-state index in [1.807, 2.05) is 0 Å². The summed E-state index contributed by atoms with van der Waals surface area (Å²) in [6, 6.07) is 17.6. The fraction of sp³-hybridized carbons (Fsp3) is 0.0526. The Kier molecular flexibility index (Phi) is 5.18. The molecular weight excluding hydrogens is 420 g/mol. The van der Waals surface area contributed by atoms with Crippen LogP contribution < -0.4 is 0 Å². The van der Waals surface area contributed by atoms with Crippen molar-refractivity contribution in [2.75, 3.05) is 6.26 Å². The van der Waals surface area contributed by atoms with Crippen molar-refractivity contribution in [1.82, 2.24) is 0 Å². The maximum absolute atomic E-state index is 12.7. The predicted molar refractivity (Wildman–Crippen MR) is 103 cm³/mol. The Morgan fingerprint density at radius 3 is 1.04 bits per heavy atom. The number of hydrogen-bond acceptors (Lipinski definition) is 6. The first-order valence-electron chi connectivity index (χ1n) is 7.98. The molecule has 9 heteroatoms. The third-order valence-electron chi connectivity index (χ3n) is 4.06. The molecule has 0 saturated heterocycles. The largest absolute Gasteiger partial charge is 0.224 e. The zero-order valence-corrected chi connectivity index (χ0v) is 17.1. The van der Waals surface area contributed by atoms with Crippen molar-refractivity contribution in [3.8, 4) is 0 Å². The van der Waals surface area contributed by atoms with E-state index < -0.39 is 29.5 Å². The highest BCUT2D eigenvalue weighted by molar-refractivity contribution is 7.92. The Morgan fingerprint density at radius 2 is 0.714 bits per heavy atom. The molecule has 0 spiro atoms. The lowest BCUT2D eigenvalue weighted by Crippen LogP contribution is -2.05. The van der Waals surface area contributed by atoms with Crippen molar-refractivity contribution in [2.24, 2.45) is 0 Å². The minimum atomic E-state index is -3.92. The van der Waals surface area contributed by atoms with E-state index in [0.717, 1.165) is 6.26 Å². The third kappa shape index (κ3) is 3.87. The summed E-state index contributed by atoms with van der Waals surface area (Å²) < 4.78 is 73.6. The van der Waals surface area contributed by atoms with Crippen LogP contribution in [0.15, 0.2) is 103 Å². The van der Waals surface area contributed by atoms with Gasteiger partial charge in [-0.1, -0.05) is 18.2 Å². The zero-order valence-electron chi connectivity index (χ0n) is 14.7. The molecule has 6 nitrogen and oxygen atoms in total. The predicted octanol–water partition coefficient (Wildman–Crippen LogP) is 2.76. The summed E-state index contributed by atoms with van der Waals surface area (Å²) in [6.45, 7) is 0. The Bertz CT molecular complexity index is 1310. The summed E-state index contributed by atoms with van der Waals surface area (Å²) in [7, 11) is -11.1. The van der Waals surface area contributed by atoms with Crippen molar-refractivity contribution in [3.63, 3.8) is 0 Å². The van der Waals surface area contributed by atoms with Crippen LogP contribution in [0.2, 0.25) is 0 Å². The quantitative estimate of drug-likeness (QED) is 0.609. The van der Waals surface area contributed by atoms with Crippen molar-refractivity contribution < 1.29 is 25.3 Å². The third-order valence-corrected chi connectivity index (χ3v) is 8.76. The second-order valence-electron chi connectivity index (χ2n) is 6.03. The first-order valence-corrected chi connectivity index (χ1v) is 12.8. The standard InChI is InChI=1S/C19H16O6S3/c1-26(20,21)15-7-9-17(10-8-15)28(24,25)19-13-11-18(12-14-19)27(22,23)16-5-3-2-4-6-16/h2-14H,1H3. The summed E-state index contributed by atoms with van der Waals surface area (Å²) in [4.78, 5) is -0.0759. The van der Waals surface area contributed by atoms with Crippen LogP contribution in [-0.4, -0.2) is 31.5 Å². The minimum Gasteiger partial charge on any atom is -0.224 e. The van der Waals surface area contributed by atoms with Gasteiger partial charge in [-0.15, -0.1) is 0 Å². The number of benzene rings is 3. The number of rotatable bonds is 5. The molecule has 0 atom stereocenters. The molecule has 28 heavy (non-hydrogen) atoms. The SMILES string of the molecule is CS(=O)(=O)c1ccc(S(=O)(=O)c2ccc(S(=O)(=O)c3ccccc3)cc2)cc1. The summed E-state index contributed by atoms with van der Waals surface area (Å²) in [6.07, 6.45) is 1.03. The van der Waals surface area contributed by atoms with E-state index in [1.54, 1.807) is 18.2 Å². The van der Waals surface area contributed by atoms with E-state index in [1.165, 1.54) is 60.7 Å². The van der Waals surface area contributed by atoms with E-state index in [0.29, 0.717) is 0 Å². The van der Waals surface area contributed by atoms with Crippen LogP contribution in [0.1, 0.15) is 0 Å². The van der Waals surface area contributed by atoms with Gasteiger partial charge in [0.05, 0.1) is 24.5 Å². The van der Waals surface area contributed by atoms with Crippen LogP contribution in [-0.2, 0) is 29.5 Å². The highest BCUT2D eigenvalue weighted by atomic mass is 32.2. The van der Waals surface area contributed by atoms with Crippen LogP contribution in [0.3, 0.4) is 0 Å². The van der Waals surface area contributed by atoms with Crippen molar-refractivity contribution in [3.05, 3.63) is 78.9 Å². The lowest BCUT2D eigenvalue weighted by molar-refractivity contribution is 0.592. The average Bonchev–Trinajstić information content (AvgIpc) is 2.68. The smallest absolute Gasteiger partial charge is 0.206 e. The fourth-order valence-electron chi connectivity index (χ4n) is 2.54. The Morgan fingerprint density at radius 1 is 0.429 bits per heavy atom. The summed E-state index contributed by atoms with van der Waals surface area (Å²) in [5, 5.41) is 0. The van der Waals surface area contributed by atoms with Crippen LogP contribution in [0, 0.1) is 0 Å². The first kappa shape index (κ1) is 20.2. The van der Waals surface area contributed by atoms with Crippen LogP contribution in [0.25, 0.3) is 0 Å². The molecule has 0 aliphatic carbocycles. The maximum atomic E-state index is 12.7. The number of hydrogen-bond donors (Lipinski definition) is 0. The van der Waals surface area contributed by atoms with Gasteiger partial charge >= 0.3 is 0 Å². The van der Waals surface area contributed by atoms with Gasteiger partial charge in [0, 0.05) is 6.26 Å². The van der Waals surface area contributed by atoms with Gasteiger partial charge in [0.1, 0.15) is 0 Å². The van der Waals surface area contributed by atoms with Gasteiger partial charge in [0.15, 0.2) is 9.84 Å². The molecule has 0 radical (unpaired) electrons. The highest BCUT2D eigenvalue weighted by Gasteiger charge is 2.21. The van der Waals surface area contributed by atoms with Crippen LogP contribution in [0.4, 0.5) is 0 Å². The van der Waals surface area contributed by atoms with Gasteiger partial charge in [-0.3, -0.25) is 0 Å². The molecule has 0 fully saturated rings. The van der Waals surface area contributed by atoms with Crippen LogP contribution in [0.5, 0.6) is 0 Å². The van der Waals surface area contributed by atoms with Gasteiger partial charge in [0.2, 0.25) is 19.7 Å². The van der Waals surface area contributed by atoms with Gasteiger partial charge < -0.3 is 0 Å². The molecule has 0 amide bonds. The van der Waals surface area contributed by atoms with Crippen molar-refractivity contribution >= 4 is 29.5 Å². The molecule has 3 aromatic rings. The molecular formula is C19H16O6S3. The maximum Gasteiger partial charge on any atom is 0.206 e. The molecule has 0 saturated carbocycles. The molecule has 3 rings (SSSR count). The van der Waals surface area contributed by atoms with E-state index in [2.05, 4.69) is 0 Å². The molecule has 0 N–H and O–H groups in total. The fourth-order valence-corrected chi connectivity index (χ4v) is 5.71. The molecule has 0 aliphatic heterocycles. The molecule has 146 valence electrons. The Hall–Kier alpha value is -2.49. The second-order valence-corrected chi connectivity index (χ2v) is 12.0.